The van der Waals surface area contributed by atoms with E-state index in [2.05, 4.69) is 26.2 Å². The second-order valence-electron chi connectivity index (χ2n) is 6.79. The van der Waals surface area contributed by atoms with Crippen LogP contribution in [-0.4, -0.2) is 47.4 Å². The highest BCUT2D eigenvalue weighted by Crippen LogP contribution is 2.43. The van der Waals surface area contributed by atoms with Gasteiger partial charge in [-0.3, -0.25) is 4.79 Å². The number of benzene rings is 2. The fourth-order valence-electron chi connectivity index (χ4n) is 3.59. The molecule has 0 radical (unpaired) electrons. The number of carbonyl (C=O) groups is 1. The van der Waals surface area contributed by atoms with Crippen molar-refractivity contribution in [3.8, 4) is 17.2 Å². The molecule has 1 aliphatic rings. The Bertz CT molecular complexity index is 1120. The van der Waals surface area contributed by atoms with Crippen LogP contribution in [0.2, 0.25) is 0 Å². The van der Waals surface area contributed by atoms with Crippen LogP contribution in [0.1, 0.15) is 18.5 Å². The van der Waals surface area contributed by atoms with Crippen LogP contribution in [0, 0.1) is 0 Å². The van der Waals surface area contributed by atoms with Crippen LogP contribution in [0.5, 0.6) is 17.2 Å². The van der Waals surface area contributed by atoms with Crippen molar-refractivity contribution in [1.29, 1.82) is 0 Å². The average Bonchev–Trinajstić information content (AvgIpc) is 3.25. The monoisotopic (exact) mass is 422 g/mol. The van der Waals surface area contributed by atoms with E-state index in [0.717, 1.165) is 0 Å². The fraction of sp³-hybridized carbons (Fsp3) is 0.238. The van der Waals surface area contributed by atoms with Gasteiger partial charge in [-0.05, 0) is 47.2 Å². The van der Waals surface area contributed by atoms with E-state index in [1.54, 1.807) is 16.8 Å². The van der Waals surface area contributed by atoms with Gasteiger partial charge in [-0.25, -0.2) is 0 Å². The average molecular weight is 422 g/mol. The minimum atomic E-state index is -0.622. The normalized spacial score (nSPS) is 15.0. The van der Waals surface area contributed by atoms with Crippen molar-refractivity contribution in [3.63, 3.8) is 0 Å². The van der Waals surface area contributed by atoms with Crippen molar-refractivity contribution in [1.82, 2.24) is 20.2 Å². The van der Waals surface area contributed by atoms with Crippen LogP contribution in [0.25, 0.3) is 0 Å². The lowest BCUT2D eigenvalue weighted by molar-refractivity contribution is -0.113. The summed E-state index contributed by atoms with van der Waals surface area (Å²) >= 11 is 0. The largest absolute Gasteiger partial charge is 0.493 e. The number of methoxy groups -OCH3 is 3. The quantitative estimate of drug-likeness (QED) is 0.623. The highest BCUT2D eigenvalue weighted by molar-refractivity contribution is 6.06. The summed E-state index contributed by atoms with van der Waals surface area (Å²) in [6.07, 6.45) is 0. The molecular formula is C21H22N6O4. The van der Waals surface area contributed by atoms with Crippen LogP contribution < -0.4 is 24.8 Å². The van der Waals surface area contributed by atoms with Crippen LogP contribution >= 0.6 is 0 Å². The van der Waals surface area contributed by atoms with Crippen LogP contribution in [0.4, 0.5) is 11.6 Å². The van der Waals surface area contributed by atoms with Crippen molar-refractivity contribution in [2.75, 3.05) is 32.0 Å². The first-order chi connectivity index (χ1) is 15.1. The number of hydrogen-bond acceptors (Lipinski definition) is 8. The van der Waals surface area contributed by atoms with Crippen molar-refractivity contribution in [2.45, 2.75) is 13.0 Å². The molecule has 31 heavy (non-hydrogen) atoms. The van der Waals surface area contributed by atoms with Gasteiger partial charge >= 0.3 is 0 Å². The SMILES string of the molecule is COc1cc([C@@H]2C(C(=O)Nc3ccccc3)=C(C)Nc3nnnn32)cc(OC)c1OC. The topological polar surface area (TPSA) is 112 Å². The van der Waals surface area contributed by atoms with Gasteiger partial charge in [0.25, 0.3) is 5.91 Å². The van der Waals surface area contributed by atoms with Crippen molar-refractivity contribution < 1.29 is 19.0 Å². The zero-order valence-corrected chi connectivity index (χ0v) is 17.5. The molecular weight excluding hydrogens is 400 g/mol. The lowest BCUT2D eigenvalue weighted by Crippen LogP contribution is -2.31. The van der Waals surface area contributed by atoms with Crippen LogP contribution in [-0.2, 0) is 4.79 Å². The summed E-state index contributed by atoms with van der Waals surface area (Å²) < 4.78 is 18.0. The molecule has 2 aromatic carbocycles. The molecule has 1 atom stereocenters. The summed E-state index contributed by atoms with van der Waals surface area (Å²) in [6, 6.07) is 12.2. The maximum atomic E-state index is 13.3. The summed E-state index contributed by atoms with van der Waals surface area (Å²) in [5, 5.41) is 17.9. The maximum Gasteiger partial charge on any atom is 0.255 e. The first-order valence-electron chi connectivity index (χ1n) is 9.49. The Morgan fingerprint density at radius 2 is 1.74 bits per heavy atom. The van der Waals surface area contributed by atoms with E-state index in [1.807, 2.05) is 37.3 Å². The van der Waals surface area contributed by atoms with E-state index < -0.39 is 6.04 Å². The van der Waals surface area contributed by atoms with E-state index in [4.69, 9.17) is 14.2 Å². The van der Waals surface area contributed by atoms with Gasteiger partial charge in [0.15, 0.2) is 11.5 Å². The number of para-hydroxylation sites is 1. The molecule has 1 aliphatic heterocycles. The van der Waals surface area contributed by atoms with E-state index in [1.165, 1.54) is 21.3 Å². The minimum Gasteiger partial charge on any atom is -0.493 e. The predicted octanol–water partition coefficient (Wildman–Crippen LogP) is 2.63. The number of nitrogens with zero attached hydrogens (tertiary/aromatic N) is 4. The summed E-state index contributed by atoms with van der Waals surface area (Å²) in [6.45, 7) is 1.81. The van der Waals surface area contributed by atoms with Gasteiger partial charge in [0.2, 0.25) is 11.7 Å². The molecule has 1 amide bonds. The molecule has 0 saturated heterocycles. The molecule has 0 saturated carbocycles. The summed E-state index contributed by atoms with van der Waals surface area (Å²) in [4.78, 5) is 13.3. The number of ether oxygens (including phenoxy) is 3. The second-order valence-corrected chi connectivity index (χ2v) is 6.79. The molecule has 3 aromatic rings. The molecule has 4 rings (SSSR count). The van der Waals surface area contributed by atoms with E-state index in [-0.39, 0.29) is 5.91 Å². The van der Waals surface area contributed by atoms with E-state index in [9.17, 15) is 4.79 Å². The number of amides is 1. The Balaban J connectivity index is 1.84. The summed E-state index contributed by atoms with van der Waals surface area (Å²) in [5.74, 6) is 1.52. The summed E-state index contributed by atoms with van der Waals surface area (Å²) in [7, 11) is 4.61. The molecule has 0 spiro atoms. The van der Waals surface area contributed by atoms with E-state index in [0.29, 0.717) is 45.7 Å². The third-order valence-electron chi connectivity index (χ3n) is 4.99. The Morgan fingerprint density at radius 1 is 1.06 bits per heavy atom. The minimum absolute atomic E-state index is 0.281. The smallest absolute Gasteiger partial charge is 0.255 e. The second kappa shape index (κ2) is 8.34. The molecule has 10 heteroatoms. The molecule has 0 aliphatic carbocycles. The van der Waals surface area contributed by atoms with Gasteiger partial charge in [0, 0.05) is 11.4 Å². The first kappa shape index (κ1) is 20.2. The maximum absolute atomic E-state index is 13.3. The van der Waals surface area contributed by atoms with Gasteiger partial charge in [-0.2, -0.15) is 4.68 Å². The molecule has 160 valence electrons. The fourth-order valence-corrected chi connectivity index (χ4v) is 3.59. The van der Waals surface area contributed by atoms with Crippen LogP contribution in [0.3, 0.4) is 0 Å². The standard InChI is InChI=1S/C21H22N6O4/c1-12-17(20(28)23-14-8-6-5-7-9-14)18(27-21(22-12)24-25-26-27)13-10-15(29-2)19(31-4)16(11-13)30-3/h5-11,18H,1-4H3,(H,23,28)(H,22,24,26)/t18-/m1/s1. The zero-order valence-electron chi connectivity index (χ0n) is 17.5. The van der Waals surface area contributed by atoms with Gasteiger partial charge in [0.05, 0.1) is 26.9 Å². The first-order valence-corrected chi connectivity index (χ1v) is 9.49. The Morgan fingerprint density at radius 3 is 2.35 bits per heavy atom. The Labute approximate surface area is 178 Å². The number of anilines is 2. The lowest BCUT2D eigenvalue weighted by Gasteiger charge is -2.28. The Hall–Kier alpha value is -4.08. The van der Waals surface area contributed by atoms with Gasteiger partial charge < -0.3 is 24.8 Å². The number of hydrogen-bond donors (Lipinski definition) is 2. The van der Waals surface area contributed by atoms with Gasteiger partial charge in [-0.15, -0.1) is 0 Å². The van der Waals surface area contributed by atoms with Gasteiger partial charge in [0.1, 0.15) is 6.04 Å². The number of tetrazole rings is 1. The molecule has 1 aromatic heterocycles. The van der Waals surface area contributed by atoms with Crippen LogP contribution in [0.15, 0.2) is 53.7 Å². The highest BCUT2D eigenvalue weighted by Gasteiger charge is 2.35. The molecule has 2 heterocycles. The molecule has 0 fully saturated rings. The number of fused-ring (bicyclic) bond motifs is 1. The van der Waals surface area contributed by atoms with Crippen molar-refractivity contribution >= 4 is 17.5 Å². The predicted molar refractivity (Wildman–Crippen MR) is 113 cm³/mol. The molecule has 10 nitrogen and oxygen atoms in total. The number of aromatic nitrogens is 4. The third-order valence-corrected chi connectivity index (χ3v) is 4.99. The number of nitrogens with one attached hydrogen (secondary N) is 2. The number of allylic oxidation sites excluding steroid dienone is 1. The number of carbonyl (C=O) groups excluding carboxylic acids is 1. The molecule has 2 N–H and O–H groups in total. The van der Waals surface area contributed by atoms with Crippen molar-refractivity contribution in [2.24, 2.45) is 0 Å². The van der Waals surface area contributed by atoms with Crippen molar-refractivity contribution in [3.05, 3.63) is 59.3 Å². The van der Waals surface area contributed by atoms with Gasteiger partial charge in [-0.1, -0.05) is 23.3 Å². The highest BCUT2D eigenvalue weighted by atomic mass is 16.5. The summed E-state index contributed by atoms with van der Waals surface area (Å²) in [5.41, 5.74) is 2.47. The van der Waals surface area contributed by atoms with E-state index >= 15 is 0 Å². The Kier molecular flexibility index (Phi) is 5.44. The molecule has 0 unspecified atom stereocenters. The lowest BCUT2D eigenvalue weighted by atomic mass is 9.94. The zero-order chi connectivity index (χ0) is 22.0. The number of rotatable bonds is 6. The molecule has 0 bridgehead atoms. The third kappa shape index (κ3) is 3.63.